The third-order valence-corrected chi connectivity index (χ3v) is 3.00. The number of hydrogen-bond donors (Lipinski definition) is 1. The molecular formula is C11H17BrN2O. The van der Waals surface area contributed by atoms with Crippen LogP contribution in [-0.4, -0.2) is 31.3 Å². The van der Waals surface area contributed by atoms with E-state index in [9.17, 15) is 0 Å². The zero-order valence-electron chi connectivity index (χ0n) is 9.33. The number of halogens is 1. The lowest BCUT2D eigenvalue weighted by molar-refractivity contribution is 0.0854. The summed E-state index contributed by atoms with van der Waals surface area (Å²) in [6.07, 6.45) is 2.87. The Morgan fingerprint density at radius 2 is 2.27 bits per heavy atom. The number of rotatable bonds is 5. The van der Waals surface area contributed by atoms with Crippen molar-refractivity contribution in [1.29, 1.82) is 0 Å². The fourth-order valence-electron chi connectivity index (χ4n) is 1.42. The standard InChI is InChI=1S/C11H17BrN2O/c1-8(15-3)11(13-2)6-10-5-4-9(12)7-14-10/h4-5,7-8,11,13H,6H2,1-3H3. The lowest BCUT2D eigenvalue weighted by atomic mass is 10.1. The minimum atomic E-state index is 0.181. The quantitative estimate of drug-likeness (QED) is 0.891. The number of nitrogens with zero attached hydrogens (tertiary/aromatic N) is 1. The molecule has 0 amide bonds. The molecule has 3 nitrogen and oxygen atoms in total. The zero-order valence-corrected chi connectivity index (χ0v) is 10.9. The van der Waals surface area contributed by atoms with Gasteiger partial charge in [0.2, 0.25) is 0 Å². The molecule has 1 heterocycles. The maximum atomic E-state index is 5.30. The fraction of sp³-hybridized carbons (Fsp3) is 0.545. The second kappa shape index (κ2) is 6.20. The summed E-state index contributed by atoms with van der Waals surface area (Å²) in [7, 11) is 3.67. The van der Waals surface area contributed by atoms with Gasteiger partial charge in [-0.1, -0.05) is 0 Å². The third-order valence-electron chi connectivity index (χ3n) is 2.53. The summed E-state index contributed by atoms with van der Waals surface area (Å²) >= 11 is 3.37. The van der Waals surface area contributed by atoms with Crippen LogP contribution in [0.2, 0.25) is 0 Å². The van der Waals surface area contributed by atoms with Gasteiger partial charge in [-0.05, 0) is 42.0 Å². The van der Waals surface area contributed by atoms with Gasteiger partial charge in [-0.25, -0.2) is 0 Å². The average molecular weight is 273 g/mol. The maximum Gasteiger partial charge on any atom is 0.0699 e. The van der Waals surface area contributed by atoms with Crippen molar-refractivity contribution < 1.29 is 4.74 Å². The van der Waals surface area contributed by atoms with E-state index in [1.807, 2.05) is 25.4 Å². The van der Waals surface area contributed by atoms with E-state index < -0.39 is 0 Å². The first-order valence-corrected chi connectivity index (χ1v) is 5.77. The molecule has 2 atom stereocenters. The Kier molecular flexibility index (Phi) is 5.22. The average Bonchev–Trinajstić information content (AvgIpc) is 2.27. The summed E-state index contributed by atoms with van der Waals surface area (Å²) in [5, 5.41) is 3.24. The normalized spacial score (nSPS) is 14.9. The predicted octanol–water partition coefficient (Wildman–Crippen LogP) is 2.01. The summed E-state index contributed by atoms with van der Waals surface area (Å²) in [4.78, 5) is 4.34. The molecule has 15 heavy (non-hydrogen) atoms. The zero-order chi connectivity index (χ0) is 11.3. The Morgan fingerprint density at radius 3 is 2.73 bits per heavy atom. The smallest absolute Gasteiger partial charge is 0.0699 e. The van der Waals surface area contributed by atoms with Gasteiger partial charge in [0, 0.05) is 35.9 Å². The van der Waals surface area contributed by atoms with E-state index in [1.165, 1.54) is 0 Å². The number of likely N-dealkylation sites (N-methyl/N-ethyl adjacent to an activating group) is 1. The van der Waals surface area contributed by atoms with Crippen LogP contribution in [0.4, 0.5) is 0 Å². The molecule has 0 aliphatic carbocycles. The number of aromatic nitrogens is 1. The molecule has 0 fully saturated rings. The Morgan fingerprint density at radius 1 is 1.53 bits per heavy atom. The minimum Gasteiger partial charge on any atom is -0.380 e. The largest absolute Gasteiger partial charge is 0.380 e. The molecule has 4 heteroatoms. The van der Waals surface area contributed by atoms with Gasteiger partial charge in [-0.3, -0.25) is 4.98 Å². The third kappa shape index (κ3) is 3.89. The van der Waals surface area contributed by atoms with Gasteiger partial charge in [0.25, 0.3) is 0 Å². The van der Waals surface area contributed by atoms with Crippen LogP contribution in [0.5, 0.6) is 0 Å². The first-order chi connectivity index (χ1) is 7.17. The van der Waals surface area contributed by atoms with E-state index in [0.717, 1.165) is 16.6 Å². The van der Waals surface area contributed by atoms with Crippen molar-refractivity contribution in [3.05, 3.63) is 28.5 Å². The highest BCUT2D eigenvalue weighted by molar-refractivity contribution is 9.10. The molecule has 0 saturated heterocycles. The topological polar surface area (TPSA) is 34.2 Å². The molecule has 1 aromatic rings. The Bertz CT molecular complexity index is 289. The molecule has 0 spiro atoms. The van der Waals surface area contributed by atoms with Crippen LogP contribution >= 0.6 is 15.9 Å². The molecular weight excluding hydrogens is 256 g/mol. The van der Waals surface area contributed by atoms with Crippen molar-refractivity contribution >= 4 is 15.9 Å². The van der Waals surface area contributed by atoms with Crippen molar-refractivity contribution in [2.75, 3.05) is 14.2 Å². The fourth-order valence-corrected chi connectivity index (χ4v) is 1.65. The van der Waals surface area contributed by atoms with Crippen molar-refractivity contribution in [2.45, 2.75) is 25.5 Å². The summed E-state index contributed by atoms with van der Waals surface area (Å²) in [6, 6.07) is 4.33. The Balaban J connectivity index is 2.62. The number of pyridine rings is 1. The number of ether oxygens (including phenoxy) is 1. The SMILES string of the molecule is CNC(Cc1ccc(Br)cn1)C(C)OC. The Labute approximate surface area is 99.4 Å². The molecule has 1 N–H and O–H groups in total. The van der Waals surface area contributed by atoms with Crippen molar-refractivity contribution in [3.8, 4) is 0 Å². The van der Waals surface area contributed by atoms with Gasteiger partial charge >= 0.3 is 0 Å². The molecule has 0 saturated carbocycles. The molecule has 2 unspecified atom stereocenters. The van der Waals surface area contributed by atoms with Crippen LogP contribution in [-0.2, 0) is 11.2 Å². The lowest BCUT2D eigenvalue weighted by Crippen LogP contribution is -2.38. The van der Waals surface area contributed by atoms with Crippen LogP contribution in [0, 0.1) is 0 Å². The highest BCUT2D eigenvalue weighted by Crippen LogP contribution is 2.10. The molecule has 0 aliphatic rings. The van der Waals surface area contributed by atoms with Crippen LogP contribution in [0.1, 0.15) is 12.6 Å². The van der Waals surface area contributed by atoms with Crippen molar-refractivity contribution in [1.82, 2.24) is 10.3 Å². The van der Waals surface area contributed by atoms with Gasteiger partial charge in [0.05, 0.1) is 6.10 Å². The molecule has 0 bridgehead atoms. The van der Waals surface area contributed by atoms with Gasteiger partial charge in [0.15, 0.2) is 0 Å². The van der Waals surface area contributed by atoms with E-state index in [-0.39, 0.29) is 6.10 Å². The van der Waals surface area contributed by atoms with Crippen LogP contribution in [0.3, 0.4) is 0 Å². The highest BCUT2D eigenvalue weighted by atomic mass is 79.9. The summed E-state index contributed by atoms with van der Waals surface area (Å²) in [5.74, 6) is 0. The van der Waals surface area contributed by atoms with Crippen molar-refractivity contribution in [2.24, 2.45) is 0 Å². The highest BCUT2D eigenvalue weighted by Gasteiger charge is 2.15. The summed E-state index contributed by atoms with van der Waals surface area (Å²) in [5.41, 5.74) is 1.07. The predicted molar refractivity (Wildman–Crippen MR) is 65.0 cm³/mol. The molecule has 0 radical (unpaired) electrons. The van der Waals surface area contributed by atoms with Crippen LogP contribution < -0.4 is 5.32 Å². The van der Waals surface area contributed by atoms with Gasteiger partial charge in [-0.2, -0.15) is 0 Å². The number of methoxy groups -OCH3 is 1. The van der Waals surface area contributed by atoms with Gasteiger partial charge in [-0.15, -0.1) is 0 Å². The van der Waals surface area contributed by atoms with Gasteiger partial charge < -0.3 is 10.1 Å². The first-order valence-electron chi connectivity index (χ1n) is 4.98. The molecule has 1 aromatic heterocycles. The molecule has 84 valence electrons. The van der Waals surface area contributed by atoms with E-state index in [2.05, 4.69) is 33.2 Å². The summed E-state index contributed by atoms with van der Waals surface area (Å²) in [6.45, 7) is 2.06. The van der Waals surface area contributed by atoms with Gasteiger partial charge in [0.1, 0.15) is 0 Å². The van der Waals surface area contributed by atoms with Crippen LogP contribution in [0.15, 0.2) is 22.8 Å². The van der Waals surface area contributed by atoms with E-state index in [4.69, 9.17) is 4.74 Å². The van der Waals surface area contributed by atoms with E-state index in [0.29, 0.717) is 6.04 Å². The molecule has 1 rings (SSSR count). The van der Waals surface area contributed by atoms with Crippen LogP contribution in [0.25, 0.3) is 0 Å². The number of hydrogen-bond acceptors (Lipinski definition) is 3. The second-order valence-electron chi connectivity index (χ2n) is 3.51. The summed E-state index contributed by atoms with van der Waals surface area (Å²) < 4.78 is 6.31. The van der Waals surface area contributed by atoms with E-state index in [1.54, 1.807) is 7.11 Å². The van der Waals surface area contributed by atoms with Crippen molar-refractivity contribution in [3.63, 3.8) is 0 Å². The first kappa shape index (κ1) is 12.6. The monoisotopic (exact) mass is 272 g/mol. The minimum absolute atomic E-state index is 0.181. The molecule has 0 aromatic carbocycles. The second-order valence-corrected chi connectivity index (χ2v) is 4.42. The Hall–Kier alpha value is -0.450. The lowest BCUT2D eigenvalue weighted by Gasteiger charge is -2.21. The van der Waals surface area contributed by atoms with E-state index >= 15 is 0 Å². The molecule has 0 aliphatic heterocycles. The maximum absolute atomic E-state index is 5.30. The number of nitrogens with one attached hydrogen (secondary N) is 1.